The van der Waals surface area contributed by atoms with E-state index in [0.29, 0.717) is 6.42 Å². The number of carbonyl (C=O) groups is 4. The summed E-state index contributed by atoms with van der Waals surface area (Å²) < 4.78 is 0. The first-order chi connectivity index (χ1) is 12.8. The van der Waals surface area contributed by atoms with Crippen molar-refractivity contribution in [1.82, 2.24) is 16.0 Å². The third-order valence-corrected chi connectivity index (χ3v) is 4.50. The number of aliphatic hydroxyl groups is 1. The predicted octanol–water partition coefficient (Wildman–Crippen LogP) is -1.04. The molecule has 0 aliphatic carbocycles. The van der Waals surface area contributed by atoms with Gasteiger partial charge >= 0.3 is 5.97 Å². The summed E-state index contributed by atoms with van der Waals surface area (Å²) in [6.07, 6.45) is -0.700. The number of aliphatic hydroxyl groups excluding tert-OH is 1. The third kappa shape index (κ3) is 7.81. The van der Waals surface area contributed by atoms with Crippen LogP contribution in [0.5, 0.6) is 0 Å². The SMILES string of the molecule is CCC(C)C(NC(=O)C(NC(=O)C(C)N)C(C)O)C(=O)NC(C(=O)O)C(C)C. The summed E-state index contributed by atoms with van der Waals surface area (Å²) in [6.45, 7) is 9.61. The molecule has 0 aliphatic heterocycles. The van der Waals surface area contributed by atoms with Gasteiger partial charge in [0.1, 0.15) is 18.1 Å². The van der Waals surface area contributed by atoms with Gasteiger partial charge in [0.15, 0.2) is 0 Å². The lowest BCUT2D eigenvalue weighted by atomic mass is 9.96. The maximum atomic E-state index is 12.7. The van der Waals surface area contributed by atoms with Gasteiger partial charge in [-0.15, -0.1) is 0 Å². The third-order valence-electron chi connectivity index (χ3n) is 4.50. The average Bonchev–Trinajstić information content (AvgIpc) is 2.59. The minimum atomic E-state index is -1.31. The van der Waals surface area contributed by atoms with Gasteiger partial charge in [-0.2, -0.15) is 0 Å². The van der Waals surface area contributed by atoms with E-state index in [1.165, 1.54) is 13.8 Å². The van der Waals surface area contributed by atoms with Crippen LogP contribution in [-0.4, -0.2) is 64.2 Å². The van der Waals surface area contributed by atoms with E-state index >= 15 is 0 Å². The van der Waals surface area contributed by atoms with Gasteiger partial charge in [-0.25, -0.2) is 4.79 Å². The van der Waals surface area contributed by atoms with Crippen LogP contribution in [0.2, 0.25) is 0 Å². The van der Waals surface area contributed by atoms with Gasteiger partial charge in [-0.3, -0.25) is 14.4 Å². The van der Waals surface area contributed by atoms with Crippen LogP contribution in [0.25, 0.3) is 0 Å². The molecule has 162 valence electrons. The zero-order chi connectivity index (χ0) is 22.2. The summed E-state index contributed by atoms with van der Waals surface area (Å²) in [6, 6.07) is -4.34. The molecule has 3 amide bonds. The minimum Gasteiger partial charge on any atom is -0.480 e. The van der Waals surface area contributed by atoms with Gasteiger partial charge in [-0.1, -0.05) is 34.1 Å². The summed E-state index contributed by atoms with van der Waals surface area (Å²) in [5, 5.41) is 26.4. The van der Waals surface area contributed by atoms with Crippen molar-refractivity contribution in [3.05, 3.63) is 0 Å². The first kappa shape index (κ1) is 25.8. The van der Waals surface area contributed by atoms with Crippen molar-refractivity contribution in [2.24, 2.45) is 17.6 Å². The highest BCUT2D eigenvalue weighted by Crippen LogP contribution is 2.11. The van der Waals surface area contributed by atoms with Crippen LogP contribution in [0.15, 0.2) is 0 Å². The maximum absolute atomic E-state index is 12.7. The Kier molecular flexibility index (Phi) is 10.7. The van der Waals surface area contributed by atoms with Crippen molar-refractivity contribution in [1.29, 1.82) is 0 Å². The lowest BCUT2D eigenvalue weighted by Crippen LogP contribution is -2.61. The van der Waals surface area contributed by atoms with Gasteiger partial charge in [-0.05, 0) is 25.7 Å². The van der Waals surface area contributed by atoms with Gasteiger partial charge in [0.25, 0.3) is 0 Å². The molecule has 0 rings (SSSR count). The molecular formula is C18H34N4O6. The molecule has 6 unspecified atom stereocenters. The number of hydrogen-bond acceptors (Lipinski definition) is 6. The summed E-state index contributed by atoms with van der Waals surface area (Å²) in [7, 11) is 0. The van der Waals surface area contributed by atoms with Crippen LogP contribution >= 0.6 is 0 Å². The first-order valence-corrected chi connectivity index (χ1v) is 9.40. The number of aliphatic carboxylic acids is 1. The normalized spacial score (nSPS) is 17.6. The van der Waals surface area contributed by atoms with Crippen molar-refractivity contribution >= 4 is 23.7 Å². The number of nitrogens with one attached hydrogen (secondary N) is 3. The van der Waals surface area contributed by atoms with Crippen molar-refractivity contribution in [3.63, 3.8) is 0 Å². The molecule has 6 atom stereocenters. The average molecular weight is 402 g/mol. The molecule has 0 fully saturated rings. The smallest absolute Gasteiger partial charge is 0.326 e. The maximum Gasteiger partial charge on any atom is 0.326 e. The Bertz CT molecular complexity index is 564. The van der Waals surface area contributed by atoms with E-state index in [1.54, 1.807) is 20.8 Å². The van der Waals surface area contributed by atoms with E-state index in [0.717, 1.165) is 0 Å². The molecule has 0 spiro atoms. The van der Waals surface area contributed by atoms with Crippen LogP contribution in [-0.2, 0) is 19.2 Å². The molecule has 0 radical (unpaired) electrons. The topological polar surface area (TPSA) is 171 Å². The van der Waals surface area contributed by atoms with Gasteiger partial charge in [0, 0.05) is 0 Å². The lowest BCUT2D eigenvalue weighted by Gasteiger charge is -2.29. The molecule has 0 bridgehead atoms. The summed E-state index contributed by atoms with van der Waals surface area (Å²) in [5.74, 6) is -3.89. The summed E-state index contributed by atoms with van der Waals surface area (Å²) >= 11 is 0. The minimum absolute atomic E-state index is 0.315. The quantitative estimate of drug-likeness (QED) is 0.256. The van der Waals surface area contributed by atoms with Gasteiger partial charge < -0.3 is 31.9 Å². The number of carboxylic acids is 1. The molecule has 0 aromatic carbocycles. The lowest BCUT2D eigenvalue weighted by molar-refractivity contribution is -0.144. The van der Waals surface area contributed by atoms with Crippen LogP contribution < -0.4 is 21.7 Å². The van der Waals surface area contributed by atoms with E-state index in [1.807, 2.05) is 6.92 Å². The molecule has 0 aromatic heterocycles. The Morgan fingerprint density at radius 3 is 1.61 bits per heavy atom. The molecule has 10 nitrogen and oxygen atoms in total. The summed E-state index contributed by atoms with van der Waals surface area (Å²) in [4.78, 5) is 48.4. The molecular weight excluding hydrogens is 368 g/mol. The highest BCUT2D eigenvalue weighted by atomic mass is 16.4. The Hall–Kier alpha value is -2.20. The largest absolute Gasteiger partial charge is 0.480 e. The van der Waals surface area contributed by atoms with E-state index in [9.17, 15) is 29.4 Å². The van der Waals surface area contributed by atoms with Crippen LogP contribution in [0.3, 0.4) is 0 Å². The molecule has 0 saturated heterocycles. The van der Waals surface area contributed by atoms with Crippen molar-refractivity contribution in [2.75, 3.05) is 0 Å². The van der Waals surface area contributed by atoms with Crippen LogP contribution in [0, 0.1) is 11.8 Å². The highest BCUT2D eigenvalue weighted by molar-refractivity contribution is 5.94. The second kappa shape index (κ2) is 11.6. The Morgan fingerprint density at radius 1 is 0.821 bits per heavy atom. The summed E-state index contributed by atoms with van der Waals surface area (Å²) in [5.41, 5.74) is 5.47. The highest BCUT2D eigenvalue weighted by Gasteiger charge is 2.34. The van der Waals surface area contributed by atoms with Crippen LogP contribution in [0.1, 0.15) is 48.0 Å². The molecule has 0 aliphatic rings. The van der Waals surface area contributed by atoms with E-state index < -0.39 is 54.0 Å². The number of hydrogen-bond donors (Lipinski definition) is 6. The molecule has 10 heteroatoms. The fourth-order valence-electron chi connectivity index (χ4n) is 2.39. The molecule has 0 heterocycles. The number of rotatable bonds is 11. The van der Waals surface area contributed by atoms with E-state index in [4.69, 9.17) is 5.73 Å². The number of carboxylic acid groups (broad SMARTS) is 1. The zero-order valence-electron chi connectivity index (χ0n) is 17.4. The van der Waals surface area contributed by atoms with E-state index in [2.05, 4.69) is 16.0 Å². The second-order valence-electron chi connectivity index (χ2n) is 7.46. The van der Waals surface area contributed by atoms with Crippen molar-refractivity contribution in [3.8, 4) is 0 Å². The molecule has 0 saturated carbocycles. The standard InChI is InChI=1S/C18H34N4O6/c1-7-9(4)13(16(25)20-12(8(2)3)18(27)28)21-17(26)14(11(6)23)22-15(24)10(5)19/h8-14,23H,7,19H2,1-6H3,(H,20,25)(H,21,26)(H,22,24)(H,27,28). The van der Waals surface area contributed by atoms with Crippen molar-refractivity contribution in [2.45, 2.75) is 78.2 Å². The van der Waals surface area contributed by atoms with Crippen molar-refractivity contribution < 1.29 is 29.4 Å². The van der Waals surface area contributed by atoms with Gasteiger partial charge in [0.2, 0.25) is 17.7 Å². The Morgan fingerprint density at radius 2 is 1.25 bits per heavy atom. The predicted molar refractivity (Wildman–Crippen MR) is 103 cm³/mol. The van der Waals surface area contributed by atoms with Crippen LogP contribution in [0.4, 0.5) is 0 Å². The molecule has 7 N–H and O–H groups in total. The number of amides is 3. The van der Waals surface area contributed by atoms with Gasteiger partial charge in [0.05, 0.1) is 12.1 Å². The first-order valence-electron chi connectivity index (χ1n) is 9.40. The second-order valence-corrected chi connectivity index (χ2v) is 7.46. The monoisotopic (exact) mass is 402 g/mol. The molecule has 0 aromatic rings. The van der Waals surface area contributed by atoms with E-state index in [-0.39, 0.29) is 11.8 Å². The number of nitrogens with two attached hydrogens (primary N) is 1. The zero-order valence-corrected chi connectivity index (χ0v) is 17.4. The molecule has 28 heavy (non-hydrogen) atoms. The Labute approximate surface area is 165 Å². The number of carbonyl (C=O) groups excluding carboxylic acids is 3. The fourth-order valence-corrected chi connectivity index (χ4v) is 2.39. The Balaban J connectivity index is 5.45. The fraction of sp³-hybridized carbons (Fsp3) is 0.778.